The number of amides is 1. The number of methoxy groups -OCH3 is 2. The molecule has 1 aliphatic heterocycles. The van der Waals surface area contributed by atoms with Crippen LogP contribution in [0.1, 0.15) is 20.8 Å². The molecule has 0 radical (unpaired) electrons. The molecule has 1 aromatic carbocycles. The van der Waals surface area contributed by atoms with E-state index < -0.39 is 28.0 Å². The molecule has 2 aromatic heterocycles. The number of hydrogen-bond donors (Lipinski definition) is 1. The molecule has 0 unspecified atom stereocenters. The van der Waals surface area contributed by atoms with Gasteiger partial charge in [-0.2, -0.15) is 12.7 Å². The molecule has 0 bridgehead atoms. The van der Waals surface area contributed by atoms with Gasteiger partial charge in [-0.05, 0) is 45.0 Å². The first kappa shape index (κ1) is 28.3. The first-order chi connectivity index (χ1) is 18.5. The summed E-state index contributed by atoms with van der Waals surface area (Å²) < 4.78 is 56.1. The Bertz CT molecular complexity index is 1440. The summed E-state index contributed by atoms with van der Waals surface area (Å²) in [4.78, 5) is 25.4. The Hall–Kier alpha value is -3.75. The van der Waals surface area contributed by atoms with Crippen LogP contribution in [-0.2, 0) is 19.7 Å². The summed E-state index contributed by atoms with van der Waals surface area (Å²) in [5.74, 6) is 1.32. The van der Waals surface area contributed by atoms with Gasteiger partial charge in [0, 0.05) is 31.0 Å². The van der Waals surface area contributed by atoms with Crippen molar-refractivity contribution in [2.45, 2.75) is 32.5 Å². The molecule has 1 saturated heterocycles. The maximum Gasteiger partial charge on any atom is 0.422 e. The van der Waals surface area contributed by atoms with Crippen molar-refractivity contribution in [2.75, 3.05) is 40.5 Å². The normalized spacial score (nSPS) is 16.5. The van der Waals surface area contributed by atoms with Crippen LogP contribution in [0.5, 0.6) is 17.4 Å². The van der Waals surface area contributed by atoms with Crippen molar-refractivity contribution < 1.29 is 36.9 Å². The summed E-state index contributed by atoms with van der Waals surface area (Å²) in [6.07, 6.45) is 1.41. The van der Waals surface area contributed by atoms with Crippen molar-refractivity contribution in [3.63, 3.8) is 0 Å². The third-order valence-electron chi connectivity index (χ3n) is 5.56. The Morgan fingerprint density at radius 2 is 1.87 bits per heavy atom. The molecule has 1 amide bonds. The van der Waals surface area contributed by atoms with Gasteiger partial charge in [0.2, 0.25) is 5.88 Å². The molecule has 14 heteroatoms. The number of morpholine rings is 1. The number of nitrogens with one attached hydrogen (secondary N) is 1. The molecule has 0 aliphatic carbocycles. The lowest BCUT2D eigenvalue weighted by Crippen LogP contribution is -2.52. The number of fused-ring (bicyclic) bond motifs is 1. The quantitative estimate of drug-likeness (QED) is 0.432. The lowest BCUT2D eigenvalue weighted by Gasteiger charge is -2.32. The number of hydrogen-bond acceptors (Lipinski definition) is 11. The summed E-state index contributed by atoms with van der Waals surface area (Å²) in [5.41, 5.74) is 1.46. The van der Waals surface area contributed by atoms with Gasteiger partial charge in [-0.25, -0.2) is 19.5 Å². The molecule has 3 heterocycles. The number of ether oxygens (including phenoxy) is 5. The second-order valence-electron chi connectivity index (χ2n) is 9.58. The summed E-state index contributed by atoms with van der Waals surface area (Å²) >= 11 is 0. The first-order valence-corrected chi connectivity index (χ1v) is 13.5. The van der Waals surface area contributed by atoms with E-state index in [4.69, 9.17) is 23.7 Å². The molecule has 1 atom stereocenters. The Morgan fingerprint density at radius 3 is 2.59 bits per heavy atom. The van der Waals surface area contributed by atoms with Gasteiger partial charge in [0.05, 0.1) is 32.0 Å². The second-order valence-corrected chi connectivity index (χ2v) is 11.2. The fraction of sp³-hybridized carbons (Fsp3) is 0.440. The van der Waals surface area contributed by atoms with Crippen LogP contribution in [0.4, 0.5) is 4.79 Å². The number of pyridine rings is 1. The fourth-order valence-corrected chi connectivity index (χ4v) is 4.90. The number of nitrogens with zero attached hydrogens (tertiary/aromatic N) is 4. The average Bonchev–Trinajstić information content (AvgIpc) is 2.89. The zero-order valence-electron chi connectivity index (χ0n) is 22.3. The number of carbonyl (C=O) groups excluding carboxylic acids is 1. The smallest absolute Gasteiger partial charge is 0.422 e. The van der Waals surface area contributed by atoms with E-state index in [-0.39, 0.29) is 32.2 Å². The number of aromatic nitrogens is 3. The highest BCUT2D eigenvalue weighted by Gasteiger charge is 2.32. The minimum Gasteiger partial charge on any atom is -0.493 e. The Kier molecular flexibility index (Phi) is 8.37. The van der Waals surface area contributed by atoms with Gasteiger partial charge < -0.3 is 23.7 Å². The Morgan fingerprint density at radius 1 is 1.13 bits per heavy atom. The van der Waals surface area contributed by atoms with E-state index in [9.17, 15) is 13.2 Å². The van der Waals surface area contributed by atoms with E-state index in [1.54, 1.807) is 59.4 Å². The van der Waals surface area contributed by atoms with Crippen molar-refractivity contribution in [1.29, 1.82) is 0 Å². The van der Waals surface area contributed by atoms with E-state index in [2.05, 4.69) is 15.0 Å². The van der Waals surface area contributed by atoms with Crippen LogP contribution < -0.4 is 18.9 Å². The maximum atomic E-state index is 12.7. The third-order valence-corrected chi connectivity index (χ3v) is 7.00. The van der Waals surface area contributed by atoms with Crippen LogP contribution in [0.15, 0.2) is 36.7 Å². The lowest BCUT2D eigenvalue weighted by atomic mass is 10.1. The zero-order chi connectivity index (χ0) is 28.2. The molecule has 1 fully saturated rings. The standard InChI is InChI=1S/C25H31N5O8S/c1-25(2,3)38-24(31)29-39(32,33)30-10-11-36-17(14-30)15-37-23-22-19(26-8-9-27-22)13-18(28-23)16-6-7-20(34-4)21(12-16)35-5/h6-9,12-13,17H,10-11,14-15H2,1-5H3,(H,29,31)/t17-/m0/s1. The van der Waals surface area contributed by atoms with Crippen LogP contribution in [0.3, 0.4) is 0 Å². The largest absolute Gasteiger partial charge is 0.493 e. The highest BCUT2D eigenvalue weighted by molar-refractivity contribution is 7.87. The highest BCUT2D eigenvalue weighted by Crippen LogP contribution is 2.34. The third kappa shape index (κ3) is 7.02. The van der Waals surface area contributed by atoms with E-state index in [0.717, 1.165) is 9.87 Å². The number of benzene rings is 1. The molecule has 0 saturated carbocycles. The monoisotopic (exact) mass is 561 g/mol. The van der Waals surface area contributed by atoms with E-state index >= 15 is 0 Å². The van der Waals surface area contributed by atoms with Crippen LogP contribution in [0.2, 0.25) is 0 Å². The summed E-state index contributed by atoms with van der Waals surface area (Å²) in [6.45, 7) is 5.04. The van der Waals surface area contributed by atoms with Gasteiger partial charge in [-0.3, -0.25) is 4.98 Å². The van der Waals surface area contributed by atoms with Gasteiger partial charge in [-0.1, -0.05) is 0 Å². The zero-order valence-corrected chi connectivity index (χ0v) is 23.1. The maximum absolute atomic E-state index is 12.7. The SMILES string of the molecule is COc1ccc(-c2cc3nccnc3c(OC[C@@H]3CN(S(=O)(=O)NC(=O)OC(C)(C)C)CCO3)n2)cc1OC. The van der Waals surface area contributed by atoms with Gasteiger partial charge in [-0.15, -0.1) is 0 Å². The molecule has 1 N–H and O–H groups in total. The summed E-state index contributed by atoms with van der Waals surface area (Å²) in [5, 5.41) is 0. The van der Waals surface area contributed by atoms with Crippen LogP contribution >= 0.6 is 0 Å². The molecule has 39 heavy (non-hydrogen) atoms. The van der Waals surface area contributed by atoms with Gasteiger partial charge >= 0.3 is 16.3 Å². The second kappa shape index (κ2) is 11.6. The fourth-order valence-electron chi connectivity index (χ4n) is 3.84. The average molecular weight is 562 g/mol. The van der Waals surface area contributed by atoms with Crippen LogP contribution in [-0.4, -0.2) is 86.0 Å². The predicted molar refractivity (Wildman–Crippen MR) is 141 cm³/mol. The molecular formula is C25H31N5O8S. The minimum absolute atomic E-state index is 0.0213. The van der Waals surface area contributed by atoms with Gasteiger partial charge in [0.1, 0.15) is 18.3 Å². The Balaban J connectivity index is 1.51. The van der Waals surface area contributed by atoms with Crippen molar-refractivity contribution in [1.82, 2.24) is 24.0 Å². The molecule has 1 aliphatic rings. The van der Waals surface area contributed by atoms with Crippen molar-refractivity contribution in [3.05, 3.63) is 36.7 Å². The van der Waals surface area contributed by atoms with Crippen molar-refractivity contribution in [2.24, 2.45) is 0 Å². The van der Waals surface area contributed by atoms with Crippen LogP contribution in [0, 0.1) is 0 Å². The number of carbonyl (C=O) groups is 1. The van der Waals surface area contributed by atoms with Crippen molar-refractivity contribution >= 4 is 27.3 Å². The topological polar surface area (TPSA) is 151 Å². The highest BCUT2D eigenvalue weighted by atomic mass is 32.2. The van der Waals surface area contributed by atoms with Crippen molar-refractivity contribution in [3.8, 4) is 28.6 Å². The van der Waals surface area contributed by atoms with E-state index in [0.29, 0.717) is 28.2 Å². The molecule has 13 nitrogen and oxygen atoms in total. The summed E-state index contributed by atoms with van der Waals surface area (Å²) in [7, 11) is -1.04. The van der Waals surface area contributed by atoms with Crippen LogP contribution in [0.25, 0.3) is 22.3 Å². The van der Waals surface area contributed by atoms with Gasteiger partial charge in [0.25, 0.3) is 0 Å². The lowest BCUT2D eigenvalue weighted by molar-refractivity contribution is -0.0258. The molecular weight excluding hydrogens is 530 g/mol. The van der Waals surface area contributed by atoms with E-state index in [1.807, 2.05) is 10.8 Å². The predicted octanol–water partition coefficient (Wildman–Crippen LogP) is 2.56. The van der Waals surface area contributed by atoms with E-state index in [1.165, 1.54) is 6.20 Å². The molecule has 210 valence electrons. The number of rotatable bonds is 8. The molecule has 4 rings (SSSR count). The summed E-state index contributed by atoms with van der Waals surface area (Å²) in [6, 6.07) is 7.18. The van der Waals surface area contributed by atoms with Gasteiger partial charge in [0.15, 0.2) is 17.0 Å². The first-order valence-electron chi connectivity index (χ1n) is 12.1. The molecule has 3 aromatic rings. The minimum atomic E-state index is -4.15. The molecule has 0 spiro atoms. The Labute approximate surface area is 226 Å².